The number of H-pyrrole nitrogens is 1. The molecule has 1 amide bonds. The van der Waals surface area contributed by atoms with E-state index in [0.29, 0.717) is 17.8 Å². The van der Waals surface area contributed by atoms with Crippen LogP contribution < -0.4 is 5.32 Å². The van der Waals surface area contributed by atoms with Crippen LogP contribution in [-0.4, -0.2) is 22.0 Å². The number of halogens is 3. The minimum absolute atomic E-state index is 0.145. The van der Waals surface area contributed by atoms with Gasteiger partial charge in [-0.1, -0.05) is 0 Å². The van der Waals surface area contributed by atoms with Crippen LogP contribution in [0.2, 0.25) is 0 Å². The van der Waals surface area contributed by atoms with Crippen LogP contribution in [0.25, 0.3) is 0 Å². The first-order chi connectivity index (χ1) is 9.79. The van der Waals surface area contributed by atoms with E-state index in [-0.39, 0.29) is 11.4 Å². The van der Waals surface area contributed by atoms with Gasteiger partial charge in [-0.2, -0.15) is 0 Å². The molecule has 0 atom stereocenters. The Hall–Kier alpha value is -2.77. The average Bonchev–Trinajstić information content (AvgIpc) is 2.68. The van der Waals surface area contributed by atoms with Crippen LogP contribution in [0.4, 0.5) is 18.9 Å². The van der Waals surface area contributed by atoms with Crippen LogP contribution in [-0.2, 0) is 0 Å². The molecule has 0 saturated heterocycles. The van der Waals surface area contributed by atoms with Gasteiger partial charge < -0.3 is 15.4 Å². The number of benzene rings is 1. The number of carbonyl (C=O) groups is 2. The van der Waals surface area contributed by atoms with Gasteiger partial charge in [0.15, 0.2) is 0 Å². The Morgan fingerprint density at radius 1 is 1.14 bits per heavy atom. The molecule has 5 nitrogen and oxygen atoms in total. The largest absolute Gasteiger partial charge is 0.477 e. The molecular weight excluding hydrogens is 289 g/mol. The summed E-state index contributed by atoms with van der Waals surface area (Å²) in [6.07, 6.45) is 0. The van der Waals surface area contributed by atoms with Gasteiger partial charge in [-0.25, -0.2) is 18.0 Å². The van der Waals surface area contributed by atoms with E-state index in [9.17, 15) is 22.8 Å². The first-order valence-corrected chi connectivity index (χ1v) is 5.68. The quantitative estimate of drug-likeness (QED) is 0.814. The Labute approximate surface area is 116 Å². The Kier molecular flexibility index (Phi) is 3.70. The summed E-state index contributed by atoms with van der Waals surface area (Å²) in [6.45, 7) is 1.54. The van der Waals surface area contributed by atoms with E-state index in [2.05, 4.69) is 10.3 Å². The maximum absolute atomic E-state index is 13.5. The summed E-state index contributed by atoms with van der Waals surface area (Å²) in [5, 5.41) is 11.0. The second kappa shape index (κ2) is 5.31. The number of hydrogen-bond acceptors (Lipinski definition) is 2. The molecule has 21 heavy (non-hydrogen) atoms. The second-order valence-corrected chi connectivity index (χ2v) is 4.24. The fourth-order valence-electron chi connectivity index (χ4n) is 1.80. The van der Waals surface area contributed by atoms with Crippen molar-refractivity contribution in [2.45, 2.75) is 6.92 Å². The van der Waals surface area contributed by atoms with Crippen LogP contribution in [0, 0.1) is 24.4 Å². The molecule has 0 bridgehead atoms. The molecular formula is C13H9F3N2O3. The van der Waals surface area contributed by atoms with Gasteiger partial charge >= 0.3 is 5.97 Å². The lowest BCUT2D eigenvalue weighted by atomic mass is 10.1. The zero-order valence-electron chi connectivity index (χ0n) is 10.6. The monoisotopic (exact) mass is 298 g/mol. The summed E-state index contributed by atoms with van der Waals surface area (Å²) >= 11 is 0. The topological polar surface area (TPSA) is 82.2 Å². The van der Waals surface area contributed by atoms with Crippen LogP contribution >= 0.6 is 0 Å². The molecule has 0 unspecified atom stereocenters. The van der Waals surface area contributed by atoms with Crippen molar-refractivity contribution in [3.63, 3.8) is 0 Å². The first kappa shape index (κ1) is 14.6. The number of carbonyl (C=O) groups excluding carboxylic acids is 1. The van der Waals surface area contributed by atoms with Gasteiger partial charge in [0.1, 0.15) is 28.7 Å². The molecule has 1 heterocycles. The summed E-state index contributed by atoms with van der Waals surface area (Å²) in [5.41, 5.74) is -1.04. The molecule has 1 aromatic carbocycles. The van der Waals surface area contributed by atoms with E-state index in [1.807, 2.05) is 0 Å². The van der Waals surface area contributed by atoms with Gasteiger partial charge in [0.2, 0.25) is 0 Å². The van der Waals surface area contributed by atoms with E-state index in [0.717, 1.165) is 0 Å². The highest BCUT2D eigenvalue weighted by molar-refractivity contribution is 6.07. The maximum Gasteiger partial charge on any atom is 0.354 e. The minimum Gasteiger partial charge on any atom is -0.477 e. The number of carboxylic acid groups (broad SMARTS) is 1. The lowest BCUT2D eigenvalue weighted by molar-refractivity contribution is 0.0692. The van der Waals surface area contributed by atoms with E-state index in [1.54, 1.807) is 6.92 Å². The van der Waals surface area contributed by atoms with Crippen molar-refractivity contribution in [1.29, 1.82) is 0 Å². The van der Waals surface area contributed by atoms with Gasteiger partial charge in [0.25, 0.3) is 5.91 Å². The van der Waals surface area contributed by atoms with Crippen molar-refractivity contribution in [3.8, 4) is 0 Å². The highest BCUT2D eigenvalue weighted by Gasteiger charge is 2.22. The smallest absolute Gasteiger partial charge is 0.354 e. The van der Waals surface area contributed by atoms with Gasteiger partial charge in [-0.3, -0.25) is 4.79 Å². The summed E-state index contributed by atoms with van der Waals surface area (Å²) < 4.78 is 39.7. The predicted molar refractivity (Wildman–Crippen MR) is 66.8 cm³/mol. The molecule has 0 aliphatic heterocycles. The van der Waals surface area contributed by atoms with Gasteiger partial charge in [0, 0.05) is 17.8 Å². The van der Waals surface area contributed by atoms with Crippen molar-refractivity contribution in [2.24, 2.45) is 0 Å². The van der Waals surface area contributed by atoms with Crippen molar-refractivity contribution < 1.29 is 27.9 Å². The molecule has 0 saturated carbocycles. The lowest BCUT2D eigenvalue weighted by Crippen LogP contribution is -2.17. The zero-order chi connectivity index (χ0) is 15.7. The van der Waals surface area contributed by atoms with Crippen molar-refractivity contribution in [1.82, 2.24) is 4.98 Å². The van der Waals surface area contributed by atoms with Crippen molar-refractivity contribution in [3.05, 3.63) is 52.6 Å². The summed E-state index contributed by atoms with van der Waals surface area (Å²) in [7, 11) is 0. The van der Waals surface area contributed by atoms with E-state index in [1.165, 1.54) is 6.07 Å². The first-order valence-electron chi connectivity index (χ1n) is 5.68. The number of aromatic carboxylic acids is 1. The Morgan fingerprint density at radius 3 is 2.24 bits per heavy atom. The van der Waals surface area contributed by atoms with E-state index >= 15 is 0 Å². The van der Waals surface area contributed by atoms with Crippen molar-refractivity contribution >= 4 is 17.6 Å². The summed E-state index contributed by atoms with van der Waals surface area (Å²) in [6, 6.07) is 2.01. The van der Waals surface area contributed by atoms with Crippen molar-refractivity contribution in [2.75, 3.05) is 5.32 Å². The van der Waals surface area contributed by atoms with E-state index < -0.39 is 34.9 Å². The average molecular weight is 298 g/mol. The number of rotatable bonds is 3. The predicted octanol–water partition coefficient (Wildman–Crippen LogP) is 2.69. The minimum atomic E-state index is -1.38. The third-order valence-electron chi connectivity index (χ3n) is 2.65. The molecule has 8 heteroatoms. The number of aromatic nitrogens is 1. The number of anilines is 1. The Bertz CT molecular complexity index is 717. The number of amides is 1. The number of carboxylic acids is 1. The SMILES string of the molecule is Cc1cc(NC(=O)c2c(F)cc(F)cc2F)c(C(=O)O)[nH]1. The standard InChI is InChI=1S/C13H9F3N2O3/c1-5-2-9(11(17-5)13(20)21)18-12(19)10-7(15)3-6(14)4-8(10)16/h2-4,17H,1H3,(H,18,19)(H,20,21). The third kappa shape index (κ3) is 2.88. The Balaban J connectivity index is 2.37. The molecule has 3 N–H and O–H groups in total. The van der Waals surface area contributed by atoms with Crippen LogP contribution in [0.3, 0.4) is 0 Å². The Morgan fingerprint density at radius 2 is 1.71 bits per heavy atom. The number of aromatic amines is 1. The van der Waals surface area contributed by atoms with Crippen LogP contribution in [0.5, 0.6) is 0 Å². The maximum atomic E-state index is 13.5. The van der Waals surface area contributed by atoms with Gasteiger partial charge in [-0.15, -0.1) is 0 Å². The molecule has 0 aliphatic carbocycles. The molecule has 0 radical (unpaired) electrons. The third-order valence-corrected chi connectivity index (χ3v) is 2.65. The zero-order valence-corrected chi connectivity index (χ0v) is 10.6. The fraction of sp³-hybridized carbons (Fsp3) is 0.0769. The number of hydrogen-bond donors (Lipinski definition) is 3. The van der Waals surface area contributed by atoms with Crippen LogP contribution in [0.15, 0.2) is 18.2 Å². The molecule has 2 rings (SSSR count). The van der Waals surface area contributed by atoms with E-state index in [4.69, 9.17) is 5.11 Å². The molecule has 0 aliphatic rings. The highest BCUT2D eigenvalue weighted by atomic mass is 19.1. The lowest BCUT2D eigenvalue weighted by Gasteiger charge is -2.06. The normalized spacial score (nSPS) is 10.5. The highest BCUT2D eigenvalue weighted by Crippen LogP contribution is 2.20. The van der Waals surface area contributed by atoms with Gasteiger partial charge in [0.05, 0.1) is 5.69 Å². The van der Waals surface area contributed by atoms with Crippen LogP contribution in [0.1, 0.15) is 26.5 Å². The van der Waals surface area contributed by atoms with Gasteiger partial charge in [-0.05, 0) is 13.0 Å². The molecule has 0 fully saturated rings. The fourth-order valence-corrected chi connectivity index (χ4v) is 1.80. The number of nitrogens with one attached hydrogen (secondary N) is 2. The molecule has 110 valence electrons. The summed E-state index contributed by atoms with van der Waals surface area (Å²) in [4.78, 5) is 25.3. The second-order valence-electron chi connectivity index (χ2n) is 4.24. The molecule has 2 aromatic rings. The summed E-state index contributed by atoms with van der Waals surface area (Å²) in [5.74, 6) is -6.49. The number of aryl methyl sites for hydroxylation is 1. The molecule has 0 spiro atoms. The molecule has 1 aromatic heterocycles.